The summed E-state index contributed by atoms with van der Waals surface area (Å²) in [6.07, 6.45) is 2.81. The Kier molecular flexibility index (Phi) is 13.6. The number of nitrogens with zero attached hydrogens (tertiary/aromatic N) is 7. The second-order valence-corrected chi connectivity index (χ2v) is 22.9. The number of halogens is 3. The minimum atomic E-state index is -4.67. The Morgan fingerprint density at radius 2 is 0.598 bits per heavy atom. The lowest BCUT2D eigenvalue weighted by molar-refractivity contribution is -0.137. The molecule has 16 aromatic rings. The van der Waals surface area contributed by atoms with Gasteiger partial charge in [-0.3, -0.25) is 19.9 Å². The van der Waals surface area contributed by atoms with Crippen LogP contribution in [0, 0.1) is 11.3 Å². The lowest BCUT2D eigenvalue weighted by Gasteiger charge is -2.20. The van der Waals surface area contributed by atoms with Gasteiger partial charge in [-0.1, -0.05) is 206 Å². The molecule has 0 saturated carbocycles. The Morgan fingerprint density at radius 3 is 0.902 bits per heavy atom. The predicted molar refractivity (Wildman–Crippen MR) is 365 cm³/mol. The molecule has 0 fully saturated rings. The summed E-state index contributed by atoms with van der Waals surface area (Å²) >= 11 is 0. The van der Waals surface area contributed by atoms with Crippen molar-refractivity contribution >= 4 is 43.6 Å². The molecule has 0 radical (unpaired) electrons. The van der Waals surface area contributed by atoms with Crippen molar-refractivity contribution in [3.05, 3.63) is 315 Å². The van der Waals surface area contributed by atoms with Crippen molar-refractivity contribution in [2.75, 3.05) is 0 Å². The Hall–Kier alpha value is -12.3. The number of aromatic nitrogens is 6. The van der Waals surface area contributed by atoms with Gasteiger partial charge < -0.3 is 9.13 Å². The van der Waals surface area contributed by atoms with Crippen LogP contribution in [0.5, 0.6) is 0 Å². The number of alkyl halides is 3. The first-order chi connectivity index (χ1) is 45.2. The average Bonchev–Trinajstić information content (AvgIpc) is 1.56. The summed E-state index contributed by atoms with van der Waals surface area (Å²) in [6, 6.07) is 93.3. The lowest BCUT2D eigenvalue weighted by atomic mass is 9.97. The first kappa shape index (κ1) is 55.0. The molecule has 16 rings (SSSR count). The zero-order chi connectivity index (χ0) is 61.9. The molecule has 0 spiro atoms. The van der Waals surface area contributed by atoms with Gasteiger partial charge in [-0.15, -0.1) is 0 Å². The van der Waals surface area contributed by atoms with Crippen molar-refractivity contribution < 1.29 is 13.2 Å². The van der Waals surface area contributed by atoms with E-state index < -0.39 is 11.7 Å². The molecule has 0 aliphatic heterocycles. The number of benzene rings is 10. The van der Waals surface area contributed by atoms with Crippen molar-refractivity contribution in [2.24, 2.45) is 0 Å². The number of hydrogen-bond acceptors (Lipinski definition) is 5. The van der Waals surface area contributed by atoms with Crippen LogP contribution in [-0.4, -0.2) is 29.1 Å². The Balaban J connectivity index is 0.948. The monoisotopic (exact) mass is 1190 g/mol. The van der Waals surface area contributed by atoms with Crippen LogP contribution in [0.25, 0.3) is 156 Å². The highest BCUT2D eigenvalue weighted by atomic mass is 19.4. The van der Waals surface area contributed by atoms with Gasteiger partial charge in [0.15, 0.2) is 0 Å². The highest BCUT2D eigenvalue weighted by Crippen LogP contribution is 2.45. The lowest BCUT2D eigenvalue weighted by Crippen LogP contribution is -2.06. The Morgan fingerprint density at radius 1 is 0.283 bits per heavy atom. The Labute approximate surface area is 527 Å². The molecule has 0 N–H and O–H groups in total. The van der Waals surface area contributed by atoms with E-state index in [1.165, 1.54) is 12.1 Å². The Bertz CT molecular complexity index is 5230. The van der Waals surface area contributed by atoms with Crippen LogP contribution >= 0.6 is 0 Å². The van der Waals surface area contributed by atoms with Gasteiger partial charge in [0.25, 0.3) is 0 Å². The van der Waals surface area contributed by atoms with Crippen molar-refractivity contribution in [1.82, 2.24) is 29.1 Å². The molecular formula is C82H50F3N7. The fourth-order valence-electron chi connectivity index (χ4n) is 12.8. The highest BCUT2D eigenvalue weighted by molar-refractivity contribution is 6.13. The van der Waals surface area contributed by atoms with Gasteiger partial charge in [0, 0.05) is 96.4 Å². The number of nitriles is 1. The van der Waals surface area contributed by atoms with Crippen molar-refractivity contribution in [2.45, 2.75) is 6.18 Å². The van der Waals surface area contributed by atoms with E-state index in [9.17, 15) is 5.26 Å². The SMILES string of the molecule is N#Cc1cc(-n2c3cc(-c4ccc(-c5ccccc5)nc4)ccc3c3ccc(-c4ccc(-c5ccccc5)nc4)cc32)c(-c2cccc(C(F)(F)F)c2)cc1-n1c2cc(-c3ccc(-c4ccccc4)nc3)ccc2c2ccc(-c3ccc(-c4ccccc4)nc3)cc21. The molecule has 92 heavy (non-hydrogen) atoms. The van der Waals surface area contributed by atoms with Crippen LogP contribution in [0.4, 0.5) is 13.2 Å². The summed E-state index contributed by atoms with van der Waals surface area (Å²) in [5, 5.41) is 15.5. The summed E-state index contributed by atoms with van der Waals surface area (Å²) in [5.74, 6) is 0. The summed E-state index contributed by atoms with van der Waals surface area (Å²) in [6.45, 7) is 0. The van der Waals surface area contributed by atoms with E-state index in [1.54, 1.807) is 6.07 Å². The van der Waals surface area contributed by atoms with Crippen molar-refractivity contribution in [1.29, 1.82) is 5.26 Å². The molecule has 10 aromatic carbocycles. The van der Waals surface area contributed by atoms with Crippen LogP contribution in [0.2, 0.25) is 0 Å². The smallest absolute Gasteiger partial charge is 0.309 e. The van der Waals surface area contributed by atoms with Crippen LogP contribution in [0.3, 0.4) is 0 Å². The molecule has 10 heteroatoms. The van der Waals surface area contributed by atoms with E-state index >= 15 is 13.2 Å². The van der Waals surface area contributed by atoms with Crippen LogP contribution in [0.15, 0.2) is 304 Å². The van der Waals surface area contributed by atoms with E-state index in [-0.39, 0.29) is 5.56 Å². The average molecular weight is 1190 g/mol. The van der Waals surface area contributed by atoms with Gasteiger partial charge in [-0.25, -0.2) is 0 Å². The topological polar surface area (TPSA) is 85.2 Å². The molecule has 0 aliphatic rings. The van der Waals surface area contributed by atoms with E-state index in [2.05, 4.69) is 112 Å². The molecule has 0 aliphatic carbocycles. The van der Waals surface area contributed by atoms with Gasteiger partial charge >= 0.3 is 6.18 Å². The zero-order valence-electron chi connectivity index (χ0n) is 49.1. The first-order valence-electron chi connectivity index (χ1n) is 30.2. The fraction of sp³-hybridized carbons (Fsp3) is 0.0122. The van der Waals surface area contributed by atoms with Gasteiger partial charge in [-0.2, -0.15) is 18.4 Å². The normalized spacial score (nSPS) is 11.6. The molecule has 0 atom stereocenters. The van der Waals surface area contributed by atoms with Crippen LogP contribution in [-0.2, 0) is 6.18 Å². The second kappa shape index (κ2) is 22.7. The standard InChI is InChI=1S/C82H50F3N7/c83-82(84,85)66-23-13-22-60(40-66)71-46-76(91-77-41-56(61-28-36-72(87-48-61)52-14-5-1-6-15-52)24-32-67(77)68-33-25-57(42-78(68)91)62-29-37-73(88-49-62)53-16-7-2-8-17-53)65(47-86)45-81(71)92-79-43-58(63-30-38-74(89-50-63)54-18-9-3-10-19-54)26-34-69(79)70-35-27-59(44-80(70)92)64-31-39-75(90-51-64)55-20-11-4-12-21-55/h1-46,48-51H. The molecular weight excluding hydrogens is 1140 g/mol. The third-order valence-electron chi connectivity index (χ3n) is 17.4. The number of pyridine rings is 4. The van der Waals surface area contributed by atoms with E-state index in [1.807, 2.05) is 183 Å². The summed E-state index contributed by atoms with van der Waals surface area (Å²) < 4.78 is 49.8. The summed E-state index contributed by atoms with van der Waals surface area (Å²) in [7, 11) is 0. The molecule has 0 amide bonds. The minimum absolute atomic E-state index is 0.289. The fourth-order valence-corrected chi connectivity index (χ4v) is 12.8. The quantitative estimate of drug-likeness (QED) is 0.129. The molecule has 6 heterocycles. The maximum atomic E-state index is 15.2. The highest BCUT2D eigenvalue weighted by Gasteiger charge is 2.31. The van der Waals surface area contributed by atoms with E-state index in [0.29, 0.717) is 22.5 Å². The minimum Gasteiger partial charge on any atom is -0.309 e. The van der Waals surface area contributed by atoms with E-state index in [0.717, 1.165) is 139 Å². The molecule has 0 saturated heterocycles. The third-order valence-corrected chi connectivity index (χ3v) is 17.4. The summed E-state index contributed by atoms with van der Waals surface area (Å²) in [5.41, 5.74) is 18.7. The van der Waals surface area contributed by atoms with Crippen molar-refractivity contribution in [3.63, 3.8) is 0 Å². The molecule has 0 bridgehead atoms. The zero-order valence-corrected chi connectivity index (χ0v) is 49.1. The largest absolute Gasteiger partial charge is 0.416 e. The molecule has 7 nitrogen and oxygen atoms in total. The van der Waals surface area contributed by atoms with Crippen LogP contribution < -0.4 is 0 Å². The van der Waals surface area contributed by atoms with Crippen LogP contribution in [0.1, 0.15) is 11.1 Å². The molecule has 0 unspecified atom stereocenters. The first-order valence-corrected chi connectivity index (χ1v) is 30.2. The molecule has 6 aromatic heterocycles. The van der Waals surface area contributed by atoms with Gasteiger partial charge in [-0.05, 0) is 101 Å². The maximum absolute atomic E-state index is 15.2. The number of hydrogen-bond donors (Lipinski definition) is 0. The number of rotatable bonds is 11. The van der Waals surface area contributed by atoms with Gasteiger partial charge in [0.2, 0.25) is 0 Å². The van der Waals surface area contributed by atoms with Crippen molar-refractivity contribution in [3.8, 4) is 118 Å². The molecule has 434 valence electrons. The van der Waals surface area contributed by atoms with E-state index in [4.69, 9.17) is 19.9 Å². The second-order valence-electron chi connectivity index (χ2n) is 22.9. The summed E-state index contributed by atoms with van der Waals surface area (Å²) in [4.78, 5) is 19.6. The van der Waals surface area contributed by atoms with Gasteiger partial charge in [0.05, 0.1) is 67.3 Å². The maximum Gasteiger partial charge on any atom is 0.416 e. The number of fused-ring (bicyclic) bond motifs is 6. The van der Waals surface area contributed by atoms with Gasteiger partial charge in [0.1, 0.15) is 6.07 Å². The predicted octanol–water partition coefficient (Wildman–Crippen LogP) is 21.4. The third kappa shape index (κ3) is 10.0.